The van der Waals surface area contributed by atoms with Crippen LogP contribution in [-0.4, -0.2) is 93.2 Å². The van der Waals surface area contributed by atoms with E-state index < -0.39 is 17.6 Å². The molecule has 0 unspecified atom stereocenters. The van der Waals surface area contributed by atoms with Crippen molar-refractivity contribution >= 4 is 11.8 Å². The molecule has 2 aromatic carbocycles. The van der Waals surface area contributed by atoms with E-state index in [4.69, 9.17) is 18.6 Å². The number of morpholine rings is 1. The van der Waals surface area contributed by atoms with Gasteiger partial charge in [0.15, 0.2) is 11.5 Å². The Morgan fingerprint density at radius 3 is 2.39 bits per heavy atom. The van der Waals surface area contributed by atoms with E-state index in [0.717, 1.165) is 30.8 Å². The lowest BCUT2D eigenvalue weighted by Gasteiger charge is -2.30. The van der Waals surface area contributed by atoms with Crippen molar-refractivity contribution in [3.63, 3.8) is 0 Å². The normalized spacial score (nSPS) is 13.8. The average Bonchev–Trinajstić information content (AvgIpc) is 3.55. The monoisotopic (exact) mass is 617 g/mol. The van der Waals surface area contributed by atoms with E-state index in [9.17, 15) is 22.8 Å². The predicted molar refractivity (Wildman–Crippen MR) is 157 cm³/mol. The Labute approximate surface area is 255 Å². The van der Waals surface area contributed by atoms with Crippen molar-refractivity contribution in [1.29, 1.82) is 0 Å². The molecule has 9 nitrogen and oxygen atoms in total. The van der Waals surface area contributed by atoms with Gasteiger partial charge in [-0.3, -0.25) is 14.5 Å². The molecule has 0 spiro atoms. The molecule has 0 N–H and O–H groups in total. The quantitative estimate of drug-likeness (QED) is 0.258. The highest BCUT2D eigenvalue weighted by Gasteiger charge is 2.32. The maximum absolute atomic E-state index is 13.8. The van der Waals surface area contributed by atoms with Crippen LogP contribution in [0.4, 0.5) is 13.2 Å². The molecule has 0 saturated carbocycles. The minimum atomic E-state index is -4.60. The molecule has 12 heteroatoms. The van der Waals surface area contributed by atoms with E-state index in [0.29, 0.717) is 56.4 Å². The van der Waals surface area contributed by atoms with Gasteiger partial charge in [0, 0.05) is 38.3 Å². The second kappa shape index (κ2) is 15.6. The Bertz CT molecular complexity index is 1360. The molecular formula is C32H38F3N3O6. The molecular weight excluding hydrogens is 579 g/mol. The molecule has 1 fully saturated rings. The molecule has 1 aromatic heterocycles. The minimum absolute atomic E-state index is 0.123. The third-order valence-corrected chi connectivity index (χ3v) is 7.45. The second-order valence-electron chi connectivity index (χ2n) is 10.4. The Hall–Kier alpha value is -4.03. The van der Waals surface area contributed by atoms with Crippen molar-refractivity contribution in [3.8, 4) is 11.5 Å². The molecule has 0 aliphatic carbocycles. The van der Waals surface area contributed by atoms with Gasteiger partial charge in [0.25, 0.3) is 5.91 Å². The molecule has 3 aromatic rings. The van der Waals surface area contributed by atoms with Gasteiger partial charge < -0.3 is 28.4 Å². The van der Waals surface area contributed by atoms with Gasteiger partial charge in [-0.1, -0.05) is 12.1 Å². The molecule has 1 aliphatic rings. The number of nitrogens with zero attached hydrogens (tertiary/aromatic N) is 3. The van der Waals surface area contributed by atoms with Crippen LogP contribution in [0.3, 0.4) is 0 Å². The summed E-state index contributed by atoms with van der Waals surface area (Å²) in [6, 6.07) is 13.3. The third-order valence-electron chi connectivity index (χ3n) is 7.45. The number of carbonyl (C=O) groups excluding carboxylic acids is 2. The van der Waals surface area contributed by atoms with Gasteiger partial charge in [-0.05, 0) is 60.9 Å². The van der Waals surface area contributed by atoms with Crippen molar-refractivity contribution in [2.45, 2.75) is 25.6 Å². The van der Waals surface area contributed by atoms with Crippen molar-refractivity contribution in [2.75, 3.05) is 66.7 Å². The van der Waals surface area contributed by atoms with Gasteiger partial charge in [-0.2, -0.15) is 13.2 Å². The van der Waals surface area contributed by atoms with Crippen LogP contribution in [0.25, 0.3) is 0 Å². The highest BCUT2D eigenvalue weighted by atomic mass is 19.4. The van der Waals surface area contributed by atoms with Gasteiger partial charge in [0.1, 0.15) is 12.3 Å². The summed E-state index contributed by atoms with van der Waals surface area (Å²) in [5.74, 6) is 0.721. The number of benzene rings is 2. The topological polar surface area (TPSA) is 84.7 Å². The lowest BCUT2D eigenvalue weighted by atomic mass is 10.1. The molecule has 44 heavy (non-hydrogen) atoms. The zero-order chi connectivity index (χ0) is 31.5. The number of halogens is 3. The number of amides is 2. The first-order chi connectivity index (χ1) is 21.2. The van der Waals surface area contributed by atoms with Crippen LogP contribution in [0, 0.1) is 0 Å². The number of alkyl halides is 3. The van der Waals surface area contributed by atoms with E-state index in [2.05, 4.69) is 4.90 Å². The molecule has 0 radical (unpaired) electrons. The maximum atomic E-state index is 13.8. The second-order valence-corrected chi connectivity index (χ2v) is 10.4. The largest absolute Gasteiger partial charge is 0.493 e. The van der Waals surface area contributed by atoms with Gasteiger partial charge in [-0.25, -0.2) is 0 Å². The molecule has 4 rings (SSSR count). The van der Waals surface area contributed by atoms with E-state index in [-0.39, 0.29) is 31.1 Å². The fourth-order valence-corrected chi connectivity index (χ4v) is 5.02. The third kappa shape index (κ3) is 9.23. The highest BCUT2D eigenvalue weighted by molar-refractivity contribution is 5.96. The predicted octanol–water partition coefficient (Wildman–Crippen LogP) is 4.75. The number of hydrogen-bond acceptors (Lipinski definition) is 7. The van der Waals surface area contributed by atoms with Gasteiger partial charge >= 0.3 is 6.18 Å². The lowest BCUT2D eigenvalue weighted by Crippen LogP contribution is -2.44. The summed E-state index contributed by atoms with van der Waals surface area (Å²) in [6.07, 6.45) is -2.06. The van der Waals surface area contributed by atoms with Crippen molar-refractivity contribution in [3.05, 3.63) is 83.3 Å². The first kappa shape index (κ1) is 32.9. The van der Waals surface area contributed by atoms with Gasteiger partial charge in [0.2, 0.25) is 5.91 Å². The average molecular weight is 618 g/mol. The Morgan fingerprint density at radius 2 is 1.70 bits per heavy atom. The van der Waals surface area contributed by atoms with Crippen molar-refractivity contribution in [2.24, 2.45) is 0 Å². The van der Waals surface area contributed by atoms with Crippen LogP contribution >= 0.6 is 0 Å². The Balaban J connectivity index is 1.52. The van der Waals surface area contributed by atoms with E-state index in [1.807, 2.05) is 12.1 Å². The zero-order valence-corrected chi connectivity index (χ0v) is 25.0. The van der Waals surface area contributed by atoms with Crippen LogP contribution in [0.15, 0.2) is 65.3 Å². The first-order valence-corrected chi connectivity index (χ1v) is 14.5. The van der Waals surface area contributed by atoms with E-state index in [1.54, 1.807) is 37.3 Å². The summed E-state index contributed by atoms with van der Waals surface area (Å²) < 4.78 is 61.9. The molecule has 2 heterocycles. The summed E-state index contributed by atoms with van der Waals surface area (Å²) in [5, 5.41) is 0. The van der Waals surface area contributed by atoms with Crippen LogP contribution in [0.2, 0.25) is 0 Å². The van der Waals surface area contributed by atoms with Crippen LogP contribution < -0.4 is 9.47 Å². The number of rotatable bonds is 14. The SMILES string of the molecule is COc1ccc(CCN(Cc2ccco2)C(=O)CN(CCCN2CCOCC2)C(=O)c2cccc(C(F)(F)F)c2)cc1OC. The number of hydrogen-bond donors (Lipinski definition) is 0. The summed E-state index contributed by atoms with van der Waals surface area (Å²) in [7, 11) is 3.10. The Morgan fingerprint density at radius 1 is 0.932 bits per heavy atom. The van der Waals surface area contributed by atoms with Gasteiger partial charge in [0.05, 0.1) is 45.8 Å². The fraction of sp³-hybridized carbons (Fsp3) is 0.438. The molecule has 0 atom stereocenters. The van der Waals surface area contributed by atoms with Crippen LogP contribution in [0.5, 0.6) is 11.5 Å². The number of ether oxygens (including phenoxy) is 3. The number of furan rings is 1. The summed E-state index contributed by atoms with van der Waals surface area (Å²) in [5.41, 5.74) is -0.137. The Kier molecular flexibility index (Phi) is 11.7. The maximum Gasteiger partial charge on any atom is 0.416 e. The first-order valence-electron chi connectivity index (χ1n) is 14.5. The lowest BCUT2D eigenvalue weighted by molar-refractivity contribution is -0.137. The minimum Gasteiger partial charge on any atom is -0.493 e. The summed E-state index contributed by atoms with van der Waals surface area (Å²) in [6.45, 7) is 3.78. The van der Waals surface area contributed by atoms with E-state index in [1.165, 1.54) is 23.3 Å². The fourth-order valence-electron chi connectivity index (χ4n) is 5.02. The number of carbonyl (C=O) groups is 2. The van der Waals surface area contributed by atoms with Crippen molar-refractivity contribution in [1.82, 2.24) is 14.7 Å². The van der Waals surface area contributed by atoms with E-state index >= 15 is 0 Å². The smallest absolute Gasteiger partial charge is 0.416 e. The van der Waals surface area contributed by atoms with Crippen LogP contribution in [-0.2, 0) is 28.7 Å². The molecule has 1 saturated heterocycles. The molecule has 2 amide bonds. The number of methoxy groups -OCH3 is 2. The molecule has 238 valence electrons. The standard InChI is InChI=1S/C32H38F3N3O6/c1-41-28-10-9-24(20-29(28)42-2)11-14-37(22-27-8-4-17-44-27)30(39)23-38(13-5-12-36-15-18-43-19-16-36)31(40)25-6-3-7-26(21-25)32(33,34)35/h3-4,6-10,17,20-21H,5,11-16,18-19,22-23H2,1-2H3. The zero-order valence-electron chi connectivity index (χ0n) is 25.0. The van der Waals surface area contributed by atoms with Crippen LogP contribution in [0.1, 0.15) is 33.7 Å². The summed E-state index contributed by atoms with van der Waals surface area (Å²) >= 11 is 0. The summed E-state index contributed by atoms with van der Waals surface area (Å²) in [4.78, 5) is 32.5. The highest BCUT2D eigenvalue weighted by Crippen LogP contribution is 2.30. The van der Waals surface area contributed by atoms with Gasteiger partial charge in [-0.15, -0.1) is 0 Å². The van der Waals surface area contributed by atoms with Crippen molar-refractivity contribution < 1.29 is 41.4 Å². The molecule has 1 aliphatic heterocycles. The molecule has 0 bridgehead atoms.